The maximum absolute atomic E-state index is 13.1. The second-order valence-corrected chi connectivity index (χ2v) is 8.33. The Labute approximate surface area is 156 Å². The van der Waals surface area contributed by atoms with Gasteiger partial charge in [0.1, 0.15) is 5.82 Å². The first-order valence-corrected chi connectivity index (χ1v) is 10.1. The lowest BCUT2D eigenvalue weighted by Gasteiger charge is -2.21. The van der Waals surface area contributed by atoms with Gasteiger partial charge in [-0.2, -0.15) is 9.29 Å². The topological polar surface area (TPSA) is 76.3 Å². The number of aromatic nitrogens is 2. The summed E-state index contributed by atoms with van der Waals surface area (Å²) in [6.45, 7) is 0.368. The molecule has 1 aromatic heterocycles. The lowest BCUT2D eigenvalue weighted by molar-refractivity contribution is 0.346. The van der Waals surface area contributed by atoms with E-state index in [0.29, 0.717) is 37.5 Å². The summed E-state index contributed by atoms with van der Waals surface area (Å²) >= 11 is 0. The summed E-state index contributed by atoms with van der Waals surface area (Å²) in [7, 11) is -3.76. The summed E-state index contributed by atoms with van der Waals surface area (Å²) in [5.74, 6) is 0.335. The molecule has 0 N–H and O–H groups in total. The van der Waals surface area contributed by atoms with E-state index >= 15 is 0 Å². The van der Waals surface area contributed by atoms with Crippen molar-refractivity contribution in [2.45, 2.75) is 30.2 Å². The SMILES string of the molecule is O=S(=O)(c1ccc(F)cc1)N1CCC[C@H]1c1noc(Cc2ccccc2)n1. The van der Waals surface area contributed by atoms with Gasteiger partial charge in [-0.1, -0.05) is 35.5 Å². The zero-order valence-electron chi connectivity index (χ0n) is 14.5. The molecule has 0 spiro atoms. The zero-order chi connectivity index (χ0) is 18.9. The fraction of sp³-hybridized carbons (Fsp3) is 0.263. The molecular formula is C19H18FN3O3S. The maximum Gasteiger partial charge on any atom is 0.243 e. The van der Waals surface area contributed by atoms with Crippen LogP contribution in [0.5, 0.6) is 0 Å². The molecule has 0 aliphatic carbocycles. The molecule has 2 aromatic carbocycles. The third-order valence-electron chi connectivity index (χ3n) is 4.60. The normalized spacial score (nSPS) is 18.0. The zero-order valence-corrected chi connectivity index (χ0v) is 15.3. The molecule has 1 saturated heterocycles. The van der Waals surface area contributed by atoms with Crippen LogP contribution in [-0.2, 0) is 16.4 Å². The average Bonchev–Trinajstić information content (AvgIpc) is 3.32. The molecule has 0 amide bonds. The number of sulfonamides is 1. The molecule has 140 valence electrons. The van der Waals surface area contributed by atoms with Crippen molar-refractivity contribution in [3.63, 3.8) is 0 Å². The summed E-state index contributed by atoms with van der Waals surface area (Å²) < 4.78 is 45.7. The van der Waals surface area contributed by atoms with Crippen molar-refractivity contribution in [2.24, 2.45) is 0 Å². The van der Waals surface area contributed by atoms with Gasteiger partial charge in [0.05, 0.1) is 17.4 Å². The minimum Gasteiger partial charge on any atom is -0.339 e. The highest BCUT2D eigenvalue weighted by Gasteiger charge is 2.38. The van der Waals surface area contributed by atoms with E-state index in [0.717, 1.165) is 17.7 Å². The summed E-state index contributed by atoms with van der Waals surface area (Å²) in [4.78, 5) is 4.47. The van der Waals surface area contributed by atoms with Gasteiger partial charge in [-0.25, -0.2) is 12.8 Å². The van der Waals surface area contributed by atoms with Gasteiger partial charge in [-0.15, -0.1) is 0 Å². The van der Waals surface area contributed by atoms with Gasteiger partial charge in [0.2, 0.25) is 15.9 Å². The quantitative estimate of drug-likeness (QED) is 0.671. The number of halogens is 1. The molecule has 3 aromatic rings. The molecule has 1 atom stereocenters. The first-order chi connectivity index (χ1) is 13.0. The van der Waals surface area contributed by atoms with E-state index < -0.39 is 21.9 Å². The van der Waals surface area contributed by atoms with Crippen molar-refractivity contribution in [3.8, 4) is 0 Å². The van der Waals surface area contributed by atoms with Crippen LogP contribution in [0.4, 0.5) is 4.39 Å². The average molecular weight is 387 g/mol. The summed E-state index contributed by atoms with van der Waals surface area (Å²) in [5, 5.41) is 4.01. The maximum atomic E-state index is 13.1. The minimum atomic E-state index is -3.76. The lowest BCUT2D eigenvalue weighted by Crippen LogP contribution is -2.31. The Bertz CT molecular complexity index is 1020. The minimum absolute atomic E-state index is 0.0591. The molecule has 1 fully saturated rings. The van der Waals surface area contributed by atoms with Crippen molar-refractivity contribution >= 4 is 10.0 Å². The van der Waals surface area contributed by atoms with E-state index in [1.165, 1.54) is 16.4 Å². The molecule has 0 unspecified atom stereocenters. The highest BCUT2D eigenvalue weighted by atomic mass is 32.2. The summed E-state index contributed by atoms with van der Waals surface area (Å²) in [5.41, 5.74) is 1.04. The largest absolute Gasteiger partial charge is 0.339 e. The first-order valence-electron chi connectivity index (χ1n) is 8.68. The molecule has 4 rings (SSSR count). The van der Waals surface area contributed by atoms with Crippen LogP contribution in [0, 0.1) is 5.82 Å². The Morgan fingerprint density at radius 3 is 2.59 bits per heavy atom. The summed E-state index contributed by atoms with van der Waals surface area (Å²) in [6.07, 6.45) is 1.81. The number of nitrogens with zero attached hydrogens (tertiary/aromatic N) is 3. The van der Waals surface area contributed by atoms with Crippen LogP contribution in [0.15, 0.2) is 64.0 Å². The third kappa shape index (κ3) is 3.63. The van der Waals surface area contributed by atoms with Gasteiger partial charge >= 0.3 is 0 Å². The fourth-order valence-electron chi connectivity index (χ4n) is 3.27. The smallest absolute Gasteiger partial charge is 0.243 e. The van der Waals surface area contributed by atoms with E-state index in [-0.39, 0.29) is 4.90 Å². The molecule has 8 heteroatoms. The monoisotopic (exact) mass is 387 g/mol. The van der Waals surface area contributed by atoms with E-state index in [1.54, 1.807) is 0 Å². The second-order valence-electron chi connectivity index (χ2n) is 6.44. The van der Waals surface area contributed by atoms with Gasteiger partial charge in [0.15, 0.2) is 5.82 Å². The van der Waals surface area contributed by atoms with Crippen LogP contribution in [0.25, 0.3) is 0 Å². The number of hydrogen-bond acceptors (Lipinski definition) is 5. The highest BCUT2D eigenvalue weighted by molar-refractivity contribution is 7.89. The third-order valence-corrected chi connectivity index (χ3v) is 6.53. The first kappa shape index (κ1) is 17.8. The number of benzene rings is 2. The Morgan fingerprint density at radius 2 is 1.85 bits per heavy atom. The number of rotatable bonds is 5. The van der Waals surface area contributed by atoms with Crippen LogP contribution < -0.4 is 0 Å². The molecule has 1 aliphatic rings. The van der Waals surface area contributed by atoms with Crippen molar-refractivity contribution in [1.82, 2.24) is 14.4 Å². The lowest BCUT2D eigenvalue weighted by atomic mass is 10.1. The molecule has 27 heavy (non-hydrogen) atoms. The van der Waals surface area contributed by atoms with Crippen molar-refractivity contribution in [3.05, 3.63) is 77.7 Å². The van der Waals surface area contributed by atoms with Crippen LogP contribution in [0.1, 0.15) is 36.2 Å². The predicted octanol–water partition coefficient (Wildman–Crippen LogP) is 3.33. The molecule has 6 nitrogen and oxygen atoms in total. The molecule has 0 bridgehead atoms. The standard InChI is InChI=1S/C19H18FN3O3S/c20-15-8-10-16(11-9-15)27(24,25)23-12-4-7-17(23)19-21-18(26-22-19)13-14-5-2-1-3-6-14/h1-3,5-6,8-11,17H,4,7,12-13H2/t17-/m0/s1. The van der Waals surface area contributed by atoms with Gasteiger partial charge in [-0.3, -0.25) is 0 Å². The summed E-state index contributed by atoms with van der Waals surface area (Å²) in [6, 6.07) is 14.1. The van der Waals surface area contributed by atoms with Crippen molar-refractivity contribution < 1.29 is 17.3 Å². The molecule has 2 heterocycles. The molecule has 1 aliphatic heterocycles. The Morgan fingerprint density at radius 1 is 1.11 bits per heavy atom. The Balaban J connectivity index is 1.57. The van der Waals surface area contributed by atoms with Gasteiger partial charge in [0, 0.05) is 6.54 Å². The van der Waals surface area contributed by atoms with Crippen molar-refractivity contribution in [1.29, 1.82) is 0 Å². The van der Waals surface area contributed by atoms with Gasteiger partial charge in [-0.05, 0) is 42.7 Å². The molecule has 0 saturated carbocycles. The van der Waals surface area contributed by atoms with Crippen LogP contribution in [0.3, 0.4) is 0 Å². The molecular weight excluding hydrogens is 369 g/mol. The second kappa shape index (κ2) is 7.21. The van der Waals surface area contributed by atoms with Crippen LogP contribution in [-0.4, -0.2) is 29.4 Å². The van der Waals surface area contributed by atoms with Crippen molar-refractivity contribution in [2.75, 3.05) is 6.54 Å². The molecule has 0 radical (unpaired) electrons. The number of hydrogen-bond donors (Lipinski definition) is 0. The van der Waals surface area contributed by atoms with E-state index in [2.05, 4.69) is 10.1 Å². The Kier molecular flexibility index (Phi) is 4.75. The van der Waals surface area contributed by atoms with E-state index in [4.69, 9.17) is 4.52 Å². The van der Waals surface area contributed by atoms with Crippen LogP contribution >= 0.6 is 0 Å². The Hall–Kier alpha value is -2.58. The van der Waals surface area contributed by atoms with Gasteiger partial charge in [0.25, 0.3) is 0 Å². The van der Waals surface area contributed by atoms with Crippen LogP contribution in [0.2, 0.25) is 0 Å². The highest BCUT2D eigenvalue weighted by Crippen LogP contribution is 2.35. The predicted molar refractivity (Wildman–Crippen MR) is 95.8 cm³/mol. The van der Waals surface area contributed by atoms with Gasteiger partial charge < -0.3 is 4.52 Å². The van der Waals surface area contributed by atoms with E-state index in [1.807, 2.05) is 30.3 Å². The fourth-order valence-corrected chi connectivity index (χ4v) is 4.93. The van der Waals surface area contributed by atoms with E-state index in [9.17, 15) is 12.8 Å².